The Morgan fingerprint density at radius 1 is 1.23 bits per heavy atom. The number of carboxylic acids is 1. The van der Waals surface area contributed by atoms with Gasteiger partial charge >= 0.3 is 5.97 Å². The average molecular weight is 340 g/mol. The Morgan fingerprint density at radius 2 is 1.95 bits per heavy atom. The summed E-state index contributed by atoms with van der Waals surface area (Å²) in [5.41, 5.74) is 1.69. The van der Waals surface area contributed by atoms with E-state index >= 15 is 0 Å². The lowest BCUT2D eigenvalue weighted by Crippen LogP contribution is -2.15. The van der Waals surface area contributed by atoms with Crippen LogP contribution in [0.5, 0.6) is 5.75 Å². The molecule has 0 saturated carbocycles. The standard InChI is InChI=1S/C16H15Cl2NO3/c1-10-4-2-5-11(16(20)21)15(10)19-8-9-22-13-7-3-6-12(17)14(13)18/h2-7,19H,8-9H2,1H3,(H,20,21). The number of hydrogen-bond acceptors (Lipinski definition) is 3. The van der Waals surface area contributed by atoms with Crippen LogP contribution in [0.3, 0.4) is 0 Å². The van der Waals surface area contributed by atoms with Gasteiger partial charge in [-0.3, -0.25) is 0 Å². The third kappa shape index (κ3) is 3.84. The molecule has 0 amide bonds. The number of para-hydroxylation sites is 1. The van der Waals surface area contributed by atoms with Crippen molar-refractivity contribution in [2.24, 2.45) is 0 Å². The van der Waals surface area contributed by atoms with Crippen molar-refractivity contribution in [3.05, 3.63) is 57.6 Å². The maximum atomic E-state index is 11.2. The molecule has 2 N–H and O–H groups in total. The lowest BCUT2D eigenvalue weighted by molar-refractivity contribution is 0.0698. The fourth-order valence-corrected chi connectivity index (χ4v) is 2.36. The van der Waals surface area contributed by atoms with Crippen molar-refractivity contribution < 1.29 is 14.6 Å². The fourth-order valence-electron chi connectivity index (χ4n) is 2.01. The Hall–Kier alpha value is -1.91. The van der Waals surface area contributed by atoms with Crippen molar-refractivity contribution in [2.75, 3.05) is 18.5 Å². The Morgan fingerprint density at radius 3 is 2.68 bits per heavy atom. The van der Waals surface area contributed by atoms with Crippen LogP contribution in [0.4, 0.5) is 5.69 Å². The number of aryl methyl sites for hydroxylation is 1. The lowest BCUT2D eigenvalue weighted by atomic mass is 10.1. The third-order valence-electron chi connectivity index (χ3n) is 3.08. The number of carboxylic acid groups (broad SMARTS) is 1. The summed E-state index contributed by atoms with van der Waals surface area (Å²) in [4.78, 5) is 11.2. The number of carbonyl (C=O) groups is 1. The Kier molecular flexibility index (Phi) is 5.52. The normalized spacial score (nSPS) is 10.3. The molecule has 22 heavy (non-hydrogen) atoms. The number of ether oxygens (including phenoxy) is 1. The van der Waals surface area contributed by atoms with E-state index in [1.165, 1.54) is 0 Å². The van der Waals surface area contributed by atoms with Gasteiger partial charge in [0.05, 0.1) is 16.3 Å². The zero-order valence-electron chi connectivity index (χ0n) is 11.9. The molecule has 2 rings (SSSR count). The highest BCUT2D eigenvalue weighted by molar-refractivity contribution is 6.42. The van der Waals surface area contributed by atoms with Crippen LogP contribution in [0.15, 0.2) is 36.4 Å². The highest BCUT2D eigenvalue weighted by Gasteiger charge is 2.11. The Balaban J connectivity index is 1.97. The molecule has 116 valence electrons. The van der Waals surface area contributed by atoms with Gasteiger partial charge in [0.2, 0.25) is 0 Å². The predicted molar refractivity (Wildman–Crippen MR) is 88.6 cm³/mol. The van der Waals surface area contributed by atoms with E-state index in [9.17, 15) is 9.90 Å². The first-order valence-corrected chi connectivity index (χ1v) is 7.40. The highest BCUT2D eigenvalue weighted by atomic mass is 35.5. The quantitative estimate of drug-likeness (QED) is 0.761. The highest BCUT2D eigenvalue weighted by Crippen LogP contribution is 2.31. The maximum Gasteiger partial charge on any atom is 0.337 e. The van der Waals surface area contributed by atoms with Crippen molar-refractivity contribution >= 4 is 34.9 Å². The van der Waals surface area contributed by atoms with Gasteiger partial charge in [-0.15, -0.1) is 0 Å². The van der Waals surface area contributed by atoms with E-state index in [0.717, 1.165) is 5.56 Å². The number of nitrogens with one attached hydrogen (secondary N) is 1. The number of hydrogen-bond donors (Lipinski definition) is 2. The van der Waals surface area contributed by atoms with E-state index in [-0.39, 0.29) is 5.56 Å². The molecule has 2 aromatic rings. The number of benzene rings is 2. The predicted octanol–water partition coefficient (Wildman–Crippen LogP) is 4.49. The van der Waals surface area contributed by atoms with Crippen LogP contribution in [-0.4, -0.2) is 24.2 Å². The zero-order chi connectivity index (χ0) is 16.1. The van der Waals surface area contributed by atoms with E-state index in [1.807, 2.05) is 13.0 Å². The lowest BCUT2D eigenvalue weighted by Gasteiger charge is -2.13. The molecule has 0 bridgehead atoms. The van der Waals surface area contributed by atoms with E-state index in [1.54, 1.807) is 30.3 Å². The zero-order valence-corrected chi connectivity index (χ0v) is 13.4. The number of halogens is 2. The topological polar surface area (TPSA) is 58.6 Å². The molecule has 2 aromatic carbocycles. The summed E-state index contributed by atoms with van der Waals surface area (Å²) in [5.74, 6) is -0.468. The van der Waals surface area contributed by atoms with Gasteiger partial charge < -0.3 is 15.2 Å². The summed E-state index contributed by atoms with van der Waals surface area (Å²) < 4.78 is 5.55. The van der Waals surface area contributed by atoms with Crippen LogP contribution in [0, 0.1) is 6.92 Å². The molecular weight excluding hydrogens is 325 g/mol. The molecule has 0 unspecified atom stereocenters. The fraction of sp³-hybridized carbons (Fsp3) is 0.188. The van der Waals surface area contributed by atoms with Gasteiger partial charge in [-0.2, -0.15) is 0 Å². The molecule has 6 heteroatoms. The van der Waals surface area contributed by atoms with Crippen LogP contribution < -0.4 is 10.1 Å². The van der Waals surface area contributed by atoms with E-state index < -0.39 is 5.97 Å². The molecule has 0 aliphatic carbocycles. The smallest absolute Gasteiger partial charge is 0.337 e. The summed E-state index contributed by atoms with van der Waals surface area (Å²) in [6.45, 7) is 2.62. The summed E-state index contributed by atoms with van der Waals surface area (Å²) in [7, 11) is 0. The minimum absolute atomic E-state index is 0.237. The van der Waals surface area contributed by atoms with Gasteiger partial charge in [0.1, 0.15) is 17.4 Å². The number of rotatable bonds is 6. The van der Waals surface area contributed by atoms with Gasteiger partial charge in [-0.1, -0.05) is 41.4 Å². The summed E-state index contributed by atoms with van der Waals surface area (Å²) in [6, 6.07) is 10.3. The van der Waals surface area contributed by atoms with Gasteiger partial charge in [0.25, 0.3) is 0 Å². The van der Waals surface area contributed by atoms with Crippen molar-refractivity contribution in [1.82, 2.24) is 0 Å². The van der Waals surface area contributed by atoms with Gasteiger partial charge in [0.15, 0.2) is 0 Å². The molecule has 4 nitrogen and oxygen atoms in total. The van der Waals surface area contributed by atoms with E-state index in [2.05, 4.69) is 5.32 Å². The minimum Gasteiger partial charge on any atom is -0.490 e. The number of aromatic carboxylic acids is 1. The molecule has 0 aromatic heterocycles. The molecule has 0 aliphatic heterocycles. The second-order valence-corrected chi connectivity index (χ2v) is 5.41. The first kappa shape index (κ1) is 16.5. The van der Waals surface area contributed by atoms with Gasteiger partial charge in [-0.25, -0.2) is 4.79 Å². The molecule has 0 heterocycles. The summed E-state index contributed by atoms with van der Waals surface area (Å²) in [5, 5.41) is 13.1. The van der Waals surface area contributed by atoms with Crippen LogP contribution in [0.1, 0.15) is 15.9 Å². The van der Waals surface area contributed by atoms with Gasteiger partial charge in [-0.05, 0) is 30.7 Å². The minimum atomic E-state index is -0.968. The van der Waals surface area contributed by atoms with Crippen LogP contribution in [0.2, 0.25) is 10.0 Å². The van der Waals surface area contributed by atoms with Crippen molar-refractivity contribution in [3.8, 4) is 5.75 Å². The first-order valence-electron chi connectivity index (χ1n) is 6.64. The second kappa shape index (κ2) is 7.38. The monoisotopic (exact) mass is 339 g/mol. The van der Waals surface area contributed by atoms with Gasteiger partial charge in [0, 0.05) is 6.54 Å². The third-order valence-corrected chi connectivity index (χ3v) is 3.88. The molecule has 0 saturated heterocycles. The van der Waals surface area contributed by atoms with Crippen molar-refractivity contribution in [1.29, 1.82) is 0 Å². The van der Waals surface area contributed by atoms with Crippen LogP contribution in [-0.2, 0) is 0 Å². The van der Waals surface area contributed by atoms with E-state index in [0.29, 0.717) is 34.6 Å². The second-order valence-electron chi connectivity index (χ2n) is 4.63. The first-order chi connectivity index (χ1) is 10.5. The average Bonchev–Trinajstić information content (AvgIpc) is 2.48. The van der Waals surface area contributed by atoms with E-state index in [4.69, 9.17) is 27.9 Å². The molecular formula is C16H15Cl2NO3. The molecule has 0 aliphatic rings. The SMILES string of the molecule is Cc1cccc(C(=O)O)c1NCCOc1cccc(Cl)c1Cl. The number of anilines is 1. The molecule has 0 radical (unpaired) electrons. The largest absolute Gasteiger partial charge is 0.490 e. The molecule has 0 atom stereocenters. The van der Waals surface area contributed by atoms with Crippen molar-refractivity contribution in [3.63, 3.8) is 0 Å². The van der Waals surface area contributed by atoms with Crippen LogP contribution >= 0.6 is 23.2 Å². The van der Waals surface area contributed by atoms with Crippen molar-refractivity contribution in [2.45, 2.75) is 6.92 Å². The summed E-state index contributed by atoms with van der Waals surface area (Å²) in [6.07, 6.45) is 0. The molecule has 0 spiro atoms. The Bertz CT molecular complexity index is 689. The molecule has 0 fully saturated rings. The summed E-state index contributed by atoms with van der Waals surface area (Å²) >= 11 is 11.9. The maximum absolute atomic E-state index is 11.2. The van der Waals surface area contributed by atoms with Crippen LogP contribution in [0.25, 0.3) is 0 Å². The Labute approximate surface area is 138 Å².